The molecule has 0 unspecified atom stereocenters. The summed E-state index contributed by atoms with van der Waals surface area (Å²) in [6.45, 7) is 1.46. The van der Waals surface area contributed by atoms with Gasteiger partial charge in [-0.15, -0.1) is 0 Å². The van der Waals surface area contributed by atoms with Crippen molar-refractivity contribution >= 4 is 11.8 Å². The van der Waals surface area contributed by atoms with Crippen LogP contribution < -0.4 is 10.1 Å². The summed E-state index contributed by atoms with van der Waals surface area (Å²) in [4.78, 5) is 15.4. The topological polar surface area (TPSA) is 60.5 Å². The van der Waals surface area contributed by atoms with Crippen molar-refractivity contribution in [1.82, 2.24) is 4.98 Å². The Morgan fingerprint density at radius 2 is 2.53 bits per heavy atom. The van der Waals surface area contributed by atoms with Crippen LogP contribution in [0.5, 0.6) is 5.75 Å². The van der Waals surface area contributed by atoms with E-state index in [9.17, 15) is 4.79 Å². The molecule has 1 aliphatic heterocycles. The summed E-state index contributed by atoms with van der Waals surface area (Å²) in [5.74, 6) is 0.883. The summed E-state index contributed by atoms with van der Waals surface area (Å²) in [5, 5.41) is 3.12. The molecule has 5 heteroatoms. The third-order valence-corrected chi connectivity index (χ3v) is 2.14. The Morgan fingerprint density at radius 3 is 3.33 bits per heavy atom. The van der Waals surface area contributed by atoms with Gasteiger partial charge >= 0.3 is 5.97 Å². The summed E-state index contributed by atoms with van der Waals surface area (Å²) in [5.41, 5.74) is 0.403. The van der Waals surface area contributed by atoms with Crippen LogP contribution in [0.25, 0.3) is 0 Å². The van der Waals surface area contributed by atoms with Crippen LogP contribution in [-0.2, 0) is 4.74 Å². The van der Waals surface area contributed by atoms with Crippen LogP contribution in [0.15, 0.2) is 12.3 Å². The zero-order valence-electron chi connectivity index (χ0n) is 8.45. The van der Waals surface area contributed by atoms with E-state index < -0.39 is 5.97 Å². The number of rotatable bonds is 1. The molecule has 1 aliphatic rings. The maximum Gasteiger partial charge on any atom is 0.339 e. The molecule has 0 fully saturated rings. The lowest BCUT2D eigenvalue weighted by molar-refractivity contribution is 0.0600. The molecule has 0 radical (unpaired) electrons. The van der Waals surface area contributed by atoms with Gasteiger partial charge in [0, 0.05) is 18.8 Å². The number of nitrogens with one attached hydrogen (secondary N) is 1. The minimum atomic E-state index is -0.404. The monoisotopic (exact) mass is 208 g/mol. The van der Waals surface area contributed by atoms with Gasteiger partial charge in [0.15, 0.2) is 11.6 Å². The lowest BCUT2D eigenvalue weighted by atomic mass is 10.2. The van der Waals surface area contributed by atoms with Crippen molar-refractivity contribution in [2.75, 3.05) is 25.6 Å². The Morgan fingerprint density at radius 1 is 1.67 bits per heavy atom. The van der Waals surface area contributed by atoms with Gasteiger partial charge in [-0.1, -0.05) is 0 Å². The Kier molecular flexibility index (Phi) is 2.71. The third kappa shape index (κ3) is 2.01. The summed E-state index contributed by atoms with van der Waals surface area (Å²) in [6, 6.07) is 1.65. The molecule has 1 aromatic heterocycles. The van der Waals surface area contributed by atoms with Crippen molar-refractivity contribution in [3.63, 3.8) is 0 Å². The molecule has 1 aromatic rings. The van der Waals surface area contributed by atoms with E-state index in [4.69, 9.17) is 4.74 Å². The molecule has 0 spiro atoms. The van der Waals surface area contributed by atoms with E-state index in [1.807, 2.05) is 0 Å². The van der Waals surface area contributed by atoms with Gasteiger partial charge in [0.05, 0.1) is 19.3 Å². The lowest BCUT2D eigenvalue weighted by Crippen LogP contribution is -2.04. The van der Waals surface area contributed by atoms with Crippen molar-refractivity contribution in [3.05, 3.63) is 17.8 Å². The van der Waals surface area contributed by atoms with Crippen LogP contribution in [0.3, 0.4) is 0 Å². The lowest BCUT2D eigenvalue weighted by Gasteiger charge is -2.07. The molecule has 1 N–H and O–H groups in total. The van der Waals surface area contributed by atoms with Crippen LogP contribution in [0, 0.1) is 0 Å². The molecule has 0 bridgehead atoms. The number of nitrogens with zero attached hydrogens (tertiary/aromatic N) is 1. The number of ether oxygens (including phenoxy) is 2. The summed E-state index contributed by atoms with van der Waals surface area (Å²) in [7, 11) is 1.34. The van der Waals surface area contributed by atoms with E-state index in [1.54, 1.807) is 6.07 Å². The highest BCUT2D eigenvalue weighted by atomic mass is 16.5. The molecule has 15 heavy (non-hydrogen) atoms. The number of hydrogen-bond acceptors (Lipinski definition) is 5. The molecule has 0 atom stereocenters. The molecule has 2 heterocycles. The number of carbonyl (C=O) groups is 1. The Balaban J connectivity index is 2.31. The van der Waals surface area contributed by atoms with Crippen LogP contribution >= 0.6 is 0 Å². The zero-order chi connectivity index (χ0) is 10.7. The number of hydrogen-bond donors (Lipinski definition) is 1. The van der Waals surface area contributed by atoms with Crippen molar-refractivity contribution in [2.24, 2.45) is 0 Å². The predicted molar refractivity (Wildman–Crippen MR) is 54.2 cm³/mol. The molecule has 2 rings (SSSR count). The van der Waals surface area contributed by atoms with Gasteiger partial charge in [0.25, 0.3) is 0 Å². The maximum atomic E-state index is 11.2. The average molecular weight is 208 g/mol. The van der Waals surface area contributed by atoms with Gasteiger partial charge < -0.3 is 14.8 Å². The largest absolute Gasteiger partial charge is 0.490 e. The Bertz CT molecular complexity index is 379. The standard InChI is InChI=1S/C10H12N2O3/c1-14-10(13)7-5-8-9(12-6-7)11-3-2-4-15-8/h5-6H,2-4H2,1H3,(H,11,12). The average Bonchev–Trinajstić information content (AvgIpc) is 2.51. The highest BCUT2D eigenvalue weighted by Crippen LogP contribution is 2.25. The van der Waals surface area contributed by atoms with E-state index in [0.29, 0.717) is 23.7 Å². The Hall–Kier alpha value is -1.78. The van der Waals surface area contributed by atoms with E-state index >= 15 is 0 Å². The summed E-state index contributed by atoms with van der Waals surface area (Å²) >= 11 is 0. The second kappa shape index (κ2) is 4.16. The second-order valence-electron chi connectivity index (χ2n) is 3.19. The maximum absolute atomic E-state index is 11.2. The number of anilines is 1. The van der Waals surface area contributed by atoms with Crippen LogP contribution in [0.2, 0.25) is 0 Å². The molecule has 0 saturated carbocycles. The molecule has 80 valence electrons. The third-order valence-electron chi connectivity index (χ3n) is 2.14. The Labute approximate surface area is 87.4 Å². The van der Waals surface area contributed by atoms with Crippen molar-refractivity contribution < 1.29 is 14.3 Å². The molecular formula is C10H12N2O3. The van der Waals surface area contributed by atoms with E-state index in [0.717, 1.165) is 13.0 Å². The molecule has 0 aliphatic carbocycles. The highest BCUT2D eigenvalue weighted by Gasteiger charge is 2.13. The summed E-state index contributed by atoms with van der Waals surface area (Å²) < 4.78 is 10.1. The quantitative estimate of drug-likeness (QED) is 0.699. The molecule has 5 nitrogen and oxygen atoms in total. The smallest absolute Gasteiger partial charge is 0.339 e. The highest BCUT2D eigenvalue weighted by molar-refractivity contribution is 5.89. The number of carbonyl (C=O) groups excluding carboxylic acids is 1. The fraction of sp³-hybridized carbons (Fsp3) is 0.400. The van der Waals surface area contributed by atoms with Crippen molar-refractivity contribution in [2.45, 2.75) is 6.42 Å². The second-order valence-corrected chi connectivity index (χ2v) is 3.19. The normalized spacial score (nSPS) is 14.2. The van der Waals surface area contributed by atoms with E-state index in [-0.39, 0.29) is 0 Å². The predicted octanol–water partition coefficient (Wildman–Crippen LogP) is 1.06. The number of aromatic nitrogens is 1. The molecule has 0 aromatic carbocycles. The first kappa shape index (κ1) is 9.76. The first-order valence-corrected chi connectivity index (χ1v) is 4.76. The van der Waals surface area contributed by atoms with Gasteiger partial charge in [-0.3, -0.25) is 0 Å². The minimum Gasteiger partial charge on any atom is -0.490 e. The fourth-order valence-electron chi connectivity index (χ4n) is 1.38. The van der Waals surface area contributed by atoms with Gasteiger partial charge in [0.1, 0.15) is 0 Å². The number of pyridine rings is 1. The molecule has 0 saturated heterocycles. The van der Waals surface area contributed by atoms with E-state index in [1.165, 1.54) is 13.3 Å². The first-order chi connectivity index (χ1) is 7.31. The van der Waals surface area contributed by atoms with Crippen molar-refractivity contribution in [1.29, 1.82) is 0 Å². The van der Waals surface area contributed by atoms with Gasteiger partial charge in [-0.25, -0.2) is 9.78 Å². The SMILES string of the molecule is COC(=O)c1cnc2c(c1)OCCCN2. The summed E-state index contributed by atoms with van der Waals surface area (Å²) in [6.07, 6.45) is 2.40. The van der Waals surface area contributed by atoms with Gasteiger partial charge in [0.2, 0.25) is 0 Å². The van der Waals surface area contributed by atoms with Crippen LogP contribution in [0.1, 0.15) is 16.8 Å². The zero-order valence-corrected chi connectivity index (χ0v) is 8.45. The van der Waals surface area contributed by atoms with Gasteiger partial charge in [-0.2, -0.15) is 0 Å². The number of fused-ring (bicyclic) bond motifs is 1. The van der Waals surface area contributed by atoms with Crippen molar-refractivity contribution in [3.8, 4) is 5.75 Å². The molecular weight excluding hydrogens is 196 g/mol. The van der Waals surface area contributed by atoms with E-state index in [2.05, 4.69) is 15.0 Å². The number of esters is 1. The first-order valence-electron chi connectivity index (χ1n) is 4.76. The minimum absolute atomic E-state index is 0.403. The van der Waals surface area contributed by atoms with Gasteiger partial charge in [-0.05, 0) is 6.42 Å². The molecule has 0 amide bonds. The van der Waals surface area contributed by atoms with Crippen LogP contribution in [0.4, 0.5) is 5.82 Å². The van der Waals surface area contributed by atoms with Crippen LogP contribution in [-0.4, -0.2) is 31.2 Å². The number of methoxy groups -OCH3 is 1. The fourth-order valence-corrected chi connectivity index (χ4v) is 1.38.